The Labute approximate surface area is 112 Å². The van der Waals surface area contributed by atoms with Crippen LogP contribution in [0, 0.1) is 6.92 Å². The lowest BCUT2D eigenvalue weighted by Gasteiger charge is -2.01. The fraction of sp³-hybridized carbons (Fsp3) is 0.200. The van der Waals surface area contributed by atoms with Crippen molar-refractivity contribution < 1.29 is 0 Å². The number of fused-ring (bicyclic) bond motifs is 1. The van der Waals surface area contributed by atoms with Gasteiger partial charge in [0.1, 0.15) is 23.0 Å². The summed E-state index contributed by atoms with van der Waals surface area (Å²) in [6, 6.07) is 0. The lowest BCUT2D eigenvalue weighted by atomic mass is 10.4. The first-order valence-electron chi connectivity index (χ1n) is 5.13. The third-order valence-corrected chi connectivity index (χ3v) is 3.37. The van der Waals surface area contributed by atoms with Crippen LogP contribution in [-0.4, -0.2) is 29.5 Å². The fourth-order valence-electron chi connectivity index (χ4n) is 1.78. The van der Waals surface area contributed by atoms with Gasteiger partial charge >= 0.3 is 0 Å². The van der Waals surface area contributed by atoms with E-state index in [9.17, 15) is 0 Å². The monoisotopic (exact) mass is 282 g/mol. The van der Waals surface area contributed by atoms with Gasteiger partial charge in [-0.25, -0.2) is 14.6 Å². The second kappa shape index (κ2) is 3.93. The average Bonchev–Trinajstić information content (AvgIpc) is 2.84. The Kier molecular flexibility index (Phi) is 2.49. The van der Waals surface area contributed by atoms with Crippen molar-refractivity contribution in [2.24, 2.45) is 7.05 Å². The van der Waals surface area contributed by atoms with Crippen molar-refractivity contribution >= 4 is 34.2 Å². The predicted octanol–water partition coefficient (Wildman–Crippen LogP) is 2.16. The van der Waals surface area contributed by atoms with Gasteiger partial charge in [-0.05, 0) is 6.92 Å². The van der Waals surface area contributed by atoms with Crippen LogP contribution in [-0.2, 0) is 7.05 Å². The third-order valence-electron chi connectivity index (χ3n) is 2.66. The molecule has 0 spiro atoms. The van der Waals surface area contributed by atoms with E-state index in [-0.39, 0.29) is 0 Å². The van der Waals surface area contributed by atoms with E-state index in [2.05, 4.69) is 20.2 Å². The molecule has 3 aromatic rings. The van der Waals surface area contributed by atoms with Crippen LogP contribution >= 0.6 is 23.2 Å². The fourth-order valence-corrected chi connectivity index (χ4v) is 2.17. The van der Waals surface area contributed by atoms with E-state index in [4.69, 9.17) is 23.2 Å². The van der Waals surface area contributed by atoms with Crippen molar-refractivity contribution in [3.05, 3.63) is 28.5 Å². The molecule has 0 radical (unpaired) electrons. The van der Waals surface area contributed by atoms with Crippen molar-refractivity contribution in [3.8, 4) is 5.69 Å². The lowest BCUT2D eigenvalue weighted by molar-refractivity contribution is 0.767. The number of halogens is 2. The molecule has 0 N–H and O–H groups in total. The third kappa shape index (κ3) is 1.49. The second-order valence-corrected chi connectivity index (χ2v) is 4.52. The molecule has 0 fully saturated rings. The van der Waals surface area contributed by atoms with Crippen molar-refractivity contribution in [1.29, 1.82) is 0 Å². The Morgan fingerprint density at radius 3 is 2.67 bits per heavy atom. The standard InChI is InChI=1S/C10H8Cl2N6/c1-5-7-8(9(11)14-4-13-7)18(16-5)6-3-15-17(2)10(6)12/h3-4H,1-2H3. The van der Waals surface area contributed by atoms with Gasteiger partial charge in [0.05, 0.1) is 11.9 Å². The minimum atomic E-state index is 0.334. The SMILES string of the molecule is Cc1nn(-c2cnn(C)c2Cl)c2c(Cl)ncnc12. The van der Waals surface area contributed by atoms with Crippen LogP contribution in [0.2, 0.25) is 10.3 Å². The molecule has 0 aliphatic carbocycles. The van der Waals surface area contributed by atoms with Crippen LogP contribution in [0.5, 0.6) is 0 Å². The molecule has 18 heavy (non-hydrogen) atoms. The van der Waals surface area contributed by atoms with Crippen LogP contribution in [0.1, 0.15) is 5.69 Å². The average molecular weight is 283 g/mol. The normalized spacial score (nSPS) is 11.3. The number of nitrogens with zero attached hydrogens (tertiary/aromatic N) is 6. The largest absolute Gasteiger partial charge is 0.255 e. The molecule has 0 saturated carbocycles. The van der Waals surface area contributed by atoms with E-state index in [1.807, 2.05) is 6.92 Å². The number of hydrogen-bond acceptors (Lipinski definition) is 4. The van der Waals surface area contributed by atoms with E-state index in [0.29, 0.717) is 27.0 Å². The summed E-state index contributed by atoms with van der Waals surface area (Å²) in [5, 5.41) is 9.27. The highest BCUT2D eigenvalue weighted by Gasteiger charge is 2.17. The minimum absolute atomic E-state index is 0.334. The van der Waals surface area contributed by atoms with Crippen LogP contribution in [0.3, 0.4) is 0 Å². The van der Waals surface area contributed by atoms with Crippen LogP contribution < -0.4 is 0 Å². The van der Waals surface area contributed by atoms with E-state index in [0.717, 1.165) is 5.69 Å². The Morgan fingerprint density at radius 1 is 1.22 bits per heavy atom. The molecule has 0 atom stereocenters. The zero-order valence-corrected chi connectivity index (χ0v) is 11.1. The van der Waals surface area contributed by atoms with E-state index in [1.165, 1.54) is 6.33 Å². The van der Waals surface area contributed by atoms with Crippen LogP contribution in [0.25, 0.3) is 16.7 Å². The summed E-state index contributed by atoms with van der Waals surface area (Å²) in [6.07, 6.45) is 3.03. The first-order chi connectivity index (χ1) is 8.59. The van der Waals surface area contributed by atoms with Gasteiger partial charge in [0.2, 0.25) is 0 Å². The zero-order chi connectivity index (χ0) is 12.9. The summed E-state index contributed by atoms with van der Waals surface area (Å²) in [5.74, 6) is 0. The quantitative estimate of drug-likeness (QED) is 0.642. The maximum Gasteiger partial charge on any atom is 0.158 e. The number of aromatic nitrogens is 6. The molecule has 92 valence electrons. The molecule has 0 aromatic carbocycles. The van der Waals surface area contributed by atoms with Crippen molar-refractivity contribution in [3.63, 3.8) is 0 Å². The van der Waals surface area contributed by atoms with Crippen LogP contribution in [0.15, 0.2) is 12.5 Å². The Balaban J connectivity index is 2.40. The Morgan fingerprint density at radius 2 is 2.00 bits per heavy atom. The van der Waals surface area contributed by atoms with Gasteiger partial charge in [0.15, 0.2) is 10.3 Å². The van der Waals surface area contributed by atoms with Crippen molar-refractivity contribution in [1.82, 2.24) is 29.5 Å². The highest BCUT2D eigenvalue weighted by Crippen LogP contribution is 2.27. The van der Waals surface area contributed by atoms with E-state index >= 15 is 0 Å². The molecule has 0 amide bonds. The molecule has 0 bridgehead atoms. The van der Waals surface area contributed by atoms with E-state index in [1.54, 1.807) is 22.6 Å². The van der Waals surface area contributed by atoms with Crippen molar-refractivity contribution in [2.45, 2.75) is 6.92 Å². The predicted molar refractivity (Wildman–Crippen MR) is 68.2 cm³/mol. The highest BCUT2D eigenvalue weighted by molar-refractivity contribution is 6.34. The lowest BCUT2D eigenvalue weighted by Crippen LogP contribution is -1.98. The molecule has 0 unspecified atom stereocenters. The minimum Gasteiger partial charge on any atom is -0.255 e. The summed E-state index contributed by atoms with van der Waals surface area (Å²) in [6.45, 7) is 1.85. The molecule has 0 aliphatic heterocycles. The van der Waals surface area contributed by atoms with Gasteiger partial charge in [-0.15, -0.1) is 0 Å². The van der Waals surface area contributed by atoms with Gasteiger partial charge in [0, 0.05) is 7.05 Å². The summed E-state index contributed by atoms with van der Waals surface area (Å²) >= 11 is 12.3. The van der Waals surface area contributed by atoms with Gasteiger partial charge < -0.3 is 0 Å². The molecule has 8 heteroatoms. The van der Waals surface area contributed by atoms with Gasteiger partial charge in [0.25, 0.3) is 0 Å². The molecule has 0 saturated heterocycles. The summed E-state index contributed by atoms with van der Waals surface area (Å²) < 4.78 is 3.17. The van der Waals surface area contributed by atoms with Crippen molar-refractivity contribution in [2.75, 3.05) is 0 Å². The number of rotatable bonds is 1. The summed E-state index contributed by atoms with van der Waals surface area (Å²) in [7, 11) is 1.75. The molecule has 6 nitrogen and oxygen atoms in total. The molecular weight excluding hydrogens is 275 g/mol. The smallest absolute Gasteiger partial charge is 0.158 e. The second-order valence-electron chi connectivity index (χ2n) is 3.80. The van der Waals surface area contributed by atoms with Gasteiger partial charge in [-0.2, -0.15) is 10.2 Å². The number of aryl methyl sites for hydroxylation is 2. The van der Waals surface area contributed by atoms with Crippen LogP contribution in [0.4, 0.5) is 0 Å². The molecule has 0 aliphatic rings. The Hall–Kier alpha value is -1.66. The van der Waals surface area contributed by atoms with Gasteiger partial charge in [-0.1, -0.05) is 23.2 Å². The molecule has 3 heterocycles. The maximum atomic E-state index is 6.16. The van der Waals surface area contributed by atoms with E-state index < -0.39 is 0 Å². The Bertz CT molecular complexity index is 744. The topological polar surface area (TPSA) is 61.4 Å². The molecular formula is C10H8Cl2N6. The number of hydrogen-bond donors (Lipinski definition) is 0. The molecule has 3 rings (SSSR count). The first kappa shape index (κ1) is 11.4. The zero-order valence-electron chi connectivity index (χ0n) is 9.59. The summed E-state index contributed by atoms with van der Waals surface area (Å²) in [4.78, 5) is 8.14. The maximum absolute atomic E-state index is 6.16. The molecule has 3 aromatic heterocycles. The highest BCUT2D eigenvalue weighted by atomic mass is 35.5. The van der Waals surface area contributed by atoms with Gasteiger partial charge in [-0.3, -0.25) is 4.68 Å². The first-order valence-corrected chi connectivity index (χ1v) is 5.89. The summed E-state index contributed by atoms with van der Waals surface area (Å²) in [5.41, 5.74) is 2.74.